The predicted molar refractivity (Wildman–Crippen MR) is 126 cm³/mol. The highest BCUT2D eigenvalue weighted by atomic mass is 32.1. The average molecular weight is 493 g/mol. The SMILES string of the molecule is COC(=O)c1nc(C(=O)c2ccccc2)sc1-c1sc(C(=O)c2ccccc2)nc1C(=O)OC. The Balaban J connectivity index is 1.87. The van der Waals surface area contributed by atoms with Gasteiger partial charge in [0.05, 0.1) is 24.0 Å². The molecule has 0 aliphatic heterocycles. The number of benzene rings is 2. The Morgan fingerprint density at radius 3 is 1.29 bits per heavy atom. The van der Waals surface area contributed by atoms with Gasteiger partial charge in [-0.3, -0.25) is 9.59 Å². The van der Waals surface area contributed by atoms with E-state index in [9.17, 15) is 19.2 Å². The summed E-state index contributed by atoms with van der Waals surface area (Å²) in [7, 11) is 2.37. The normalized spacial score (nSPS) is 10.5. The number of carbonyl (C=O) groups is 4. The maximum atomic E-state index is 13.0. The number of nitrogens with zero attached hydrogens (tertiary/aromatic N) is 2. The fourth-order valence-electron chi connectivity index (χ4n) is 3.04. The van der Waals surface area contributed by atoms with E-state index in [1.54, 1.807) is 60.7 Å². The van der Waals surface area contributed by atoms with Crippen molar-refractivity contribution in [2.45, 2.75) is 0 Å². The summed E-state index contributed by atoms with van der Waals surface area (Å²) in [6.45, 7) is 0. The monoisotopic (exact) mass is 492 g/mol. The number of ether oxygens (including phenoxy) is 2. The van der Waals surface area contributed by atoms with E-state index in [-0.39, 0.29) is 31.2 Å². The summed E-state index contributed by atoms with van der Waals surface area (Å²) >= 11 is 1.82. The molecule has 0 saturated heterocycles. The zero-order valence-electron chi connectivity index (χ0n) is 17.9. The lowest BCUT2D eigenvalue weighted by atomic mass is 10.1. The van der Waals surface area contributed by atoms with Crippen molar-refractivity contribution in [3.8, 4) is 9.75 Å². The molecule has 2 aromatic carbocycles. The third kappa shape index (κ3) is 4.41. The molecule has 0 aliphatic rings. The number of carbonyl (C=O) groups excluding carboxylic acids is 4. The van der Waals surface area contributed by atoms with Crippen molar-refractivity contribution in [2.24, 2.45) is 0 Å². The van der Waals surface area contributed by atoms with Gasteiger partial charge < -0.3 is 9.47 Å². The van der Waals surface area contributed by atoms with Crippen LogP contribution in [0.3, 0.4) is 0 Å². The Kier molecular flexibility index (Phi) is 6.71. The van der Waals surface area contributed by atoms with Crippen molar-refractivity contribution < 1.29 is 28.7 Å². The minimum absolute atomic E-state index is 0.0294. The van der Waals surface area contributed by atoms with Crippen LogP contribution in [0, 0.1) is 0 Å². The van der Waals surface area contributed by atoms with Crippen molar-refractivity contribution in [2.75, 3.05) is 14.2 Å². The highest BCUT2D eigenvalue weighted by Crippen LogP contribution is 2.39. The Morgan fingerprint density at radius 1 is 0.618 bits per heavy atom. The number of aromatic nitrogens is 2. The number of hydrogen-bond donors (Lipinski definition) is 0. The van der Waals surface area contributed by atoms with Crippen LogP contribution in [-0.4, -0.2) is 47.7 Å². The second-order valence-corrected chi connectivity index (χ2v) is 8.77. The van der Waals surface area contributed by atoms with Gasteiger partial charge in [0.15, 0.2) is 21.4 Å². The second kappa shape index (κ2) is 9.86. The number of ketones is 2. The van der Waals surface area contributed by atoms with Crippen molar-refractivity contribution >= 4 is 46.2 Å². The van der Waals surface area contributed by atoms with E-state index in [0.717, 1.165) is 22.7 Å². The van der Waals surface area contributed by atoms with Crippen LogP contribution in [0.4, 0.5) is 0 Å². The van der Waals surface area contributed by atoms with Crippen LogP contribution in [0.15, 0.2) is 60.7 Å². The molecular formula is C24H16N2O6S2. The molecule has 0 aliphatic carbocycles. The predicted octanol–water partition coefficient (Wildman–Crippen LogP) is 4.30. The first-order chi connectivity index (χ1) is 16.4. The lowest BCUT2D eigenvalue weighted by Gasteiger charge is -2.00. The molecule has 8 nitrogen and oxygen atoms in total. The highest BCUT2D eigenvalue weighted by molar-refractivity contribution is 7.24. The van der Waals surface area contributed by atoms with Gasteiger partial charge in [0.1, 0.15) is 0 Å². The van der Waals surface area contributed by atoms with Crippen LogP contribution >= 0.6 is 22.7 Å². The maximum absolute atomic E-state index is 13.0. The molecule has 4 aromatic rings. The third-order valence-electron chi connectivity index (χ3n) is 4.68. The second-order valence-electron chi connectivity index (χ2n) is 6.77. The number of hydrogen-bond acceptors (Lipinski definition) is 10. The molecule has 4 rings (SSSR count). The van der Waals surface area contributed by atoms with Gasteiger partial charge in [-0.25, -0.2) is 19.6 Å². The van der Waals surface area contributed by atoms with Crippen molar-refractivity contribution in [1.29, 1.82) is 0 Å². The van der Waals surface area contributed by atoms with Crippen molar-refractivity contribution in [1.82, 2.24) is 9.97 Å². The summed E-state index contributed by atoms with van der Waals surface area (Å²) in [6.07, 6.45) is 0. The van der Waals surface area contributed by atoms with Crippen LogP contribution in [0.2, 0.25) is 0 Å². The van der Waals surface area contributed by atoms with Crippen LogP contribution in [0.5, 0.6) is 0 Å². The average Bonchev–Trinajstić information content (AvgIpc) is 3.53. The van der Waals surface area contributed by atoms with Crippen LogP contribution in [0.25, 0.3) is 9.75 Å². The summed E-state index contributed by atoms with van der Waals surface area (Å²) in [4.78, 5) is 59.7. The summed E-state index contributed by atoms with van der Waals surface area (Å²) in [5.41, 5.74) is 0.465. The Hall–Kier alpha value is -4.02. The largest absolute Gasteiger partial charge is 0.464 e. The molecule has 0 spiro atoms. The van der Waals surface area contributed by atoms with E-state index in [1.807, 2.05) is 0 Å². The summed E-state index contributed by atoms with van der Waals surface area (Å²) < 4.78 is 9.69. The fraction of sp³-hybridized carbons (Fsp3) is 0.0833. The lowest BCUT2D eigenvalue weighted by Crippen LogP contribution is -2.07. The number of thiazole rings is 2. The first kappa shape index (κ1) is 23.1. The third-order valence-corrected chi connectivity index (χ3v) is 6.95. The molecule has 0 unspecified atom stereocenters. The van der Waals surface area contributed by atoms with Gasteiger partial charge in [-0.15, -0.1) is 22.7 Å². The van der Waals surface area contributed by atoms with Gasteiger partial charge >= 0.3 is 11.9 Å². The van der Waals surface area contributed by atoms with Gasteiger partial charge in [-0.2, -0.15) is 0 Å². The molecule has 0 saturated carbocycles. The first-order valence-electron chi connectivity index (χ1n) is 9.82. The smallest absolute Gasteiger partial charge is 0.358 e. The maximum Gasteiger partial charge on any atom is 0.358 e. The highest BCUT2D eigenvalue weighted by Gasteiger charge is 2.31. The molecular weight excluding hydrogens is 476 g/mol. The molecule has 2 heterocycles. The summed E-state index contributed by atoms with van der Waals surface area (Å²) in [6, 6.07) is 16.9. The van der Waals surface area contributed by atoms with Crippen LogP contribution in [-0.2, 0) is 9.47 Å². The molecule has 0 bridgehead atoms. The quantitative estimate of drug-likeness (QED) is 0.277. The molecule has 0 fully saturated rings. The summed E-state index contributed by atoms with van der Waals surface area (Å²) in [5, 5.41) is 0.0588. The standard InChI is InChI=1S/C24H16N2O6S2/c1-31-23(29)15-19(33-21(25-15)17(27)13-9-5-3-6-10-13)20-16(24(30)32-2)26-22(34-20)18(28)14-11-7-4-8-12-14/h3-12H,1-2H3. The zero-order chi connectivity index (χ0) is 24.2. The minimum Gasteiger partial charge on any atom is -0.464 e. The molecule has 0 amide bonds. The molecule has 0 atom stereocenters. The van der Waals surface area contributed by atoms with E-state index < -0.39 is 23.5 Å². The Bertz CT molecular complexity index is 1290. The van der Waals surface area contributed by atoms with Crippen molar-refractivity contribution in [3.63, 3.8) is 0 Å². The van der Waals surface area contributed by atoms with E-state index in [2.05, 4.69) is 9.97 Å². The molecule has 2 aromatic heterocycles. The minimum atomic E-state index is -0.793. The van der Waals surface area contributed by atoms with E-state index in [1.165, 1.54) is 14.2 Å². The van der Waals surface area contributed by atoms with E-state index in [4.69, 9.17) is 9.47 Å². The van der Waals surface area contributed by atoms with Gasteiger partial charge in [-0.1, -0.05) is 60.7 Å². The van der Waals surface area contributed by atoms with E-state index in [0.29, 0.717) is 11.1 Å². The lowest BCUT2D eigenvalue weighted by molar-refractivity contribution is 0.0584. The molecule has 10 heteroatoms. The van der Waals surface area contributed by atoms with Gasteiger partial charge in [0.25, 0.3) is 0 Å². The zero-order valence-corrected chi connectivity index (χ0v) is 19.6. The fourth-order valence-corrected chi connectivity index (χ4v) is 5.20. The first-order valence-corrected chi connectivity index (χ1v) is 11.5. The number of methoxy groups -OCH3 is 2. The molecule has 34 heavy (non-hydrogen) atoms. The number of rotatable bonds is 7. The van der Waals surface area contributed by atoms with Crippen molar-refractivity contribution in [3.05, 3.63) is 93.2 Å². The molecule has 0 radical (unpaired) electrons. The van der Waals surface area contributed by atoms with Gasteiger partial charge in [0, 0.05) is 11.1 Å². The Morgan fingerprint density at radius 2 is 0.971 bits per heavy atom. The topological polar surface area (TPSA) is 113 Å². The van der Waals surface area contributed by atoms with Gasteiger partial charge in [-0.05, 0) is 0 Å². The number of esters is 2. The summed E-state index contributed by atoms with van der Waals surface area (Å²) in [5.74, 6) is -2.38. The van der Waals surface area contributed by atoms with Crippen LogP contribution < -0.4 is 0 Å². The van der Waals surface area contributed by atoms with E-state index >= 15 is 0 Å². The molecule has 170 valence electrons. The Labute approximate surface area is 201 Å². The van der Waals surface area contributed by atoms with Crippen LogP contribution in [0.1, 0.15) is 51.7 Å². The molecule has 0 N–H and O–H groups in total. The van der Waals surface area contributed by atoms with Gasteiger partial charge in [0.2, 0.25) is 11.6 Å².